The van der Waals surface area contributed by atoms with Gasteiger partial charge in [0.1, 0.15) is 5.78 Å². The Morgan fingerprint density at radius 2 is 1.83 bits per heavy atom. The van der Waals surface area contributed by atoms with E-state index < -0.39 is 0 Å². The zero-order valence-corrected chi connectivity index (χ0v) is 11.6. The van der Waals surface area contributed by atoms with Gasteiger partial charge in [0.15, 0.2) is 0 Å². The first-order valence-electron chi connectivity index (χ1n) is 5.92. The van der Waals surface area contributed by atoms with Crippen LogP contribution in [0.15, 0.2) is 30.3 Å². The molecule has 0 fully saturated rings. The summed E-state index contributed by atoms with van der Waals surface area (Å²) in [6, 6.07) is 9.80. The number of hydrogen-bond acceptors (Lipinski definition) is 1. The second-order valence-electron chi connectivity index (χ2n) is 4.59. The Morgan fingerprint density at radius 1 is 1.22 bits per heavy atom. The number of halogens is 1. The van der Waals surface area contributed by atoms with Gasteiger partial charge in [0.05, 0.1) is 0 Å². The van der Waals surface area contributed by atoms with E-state index in [-0.39, 0.29) is 5.78 Å². The first kappa shape index (κ1) is 12.9. The van der Waals surface area contributed by atoms with Gasteiger partial charge in [-0.15, -0.1) is 0 Å². The third kappa shape index (κ3) is 2.49. The number of carbonyl (C=O) groups is 1. The largest absolute Gasteiger partial charge is 0.318 e. The number of carbonyl (C=O) groups excluding carboxylic acids is 1. The van der Waals surface area contributed by atoms with Crippen LogP contribution in [-0.2, 0) is 11.2 Å². The van der Waals surface area contributed by atoms with Crippen LogP contribution < -0.4 is 0 Å². The Labute approximate surface area is 112 Å². The molecule has 1 aromatic carbocycles. The molecule has 0 unspecified atom stereocenters. The van der Waals surface area contributed by atoms with Gasteiger partial charge in [0, 0.05) is 28.5 Å². The highest BCUT2D eigenvalue weighted by Crippen LogP contribution is 2.22. The second-order valence-corrected chi connectivity index (χ2v) is 5.02. The van der Waals surface area contributed by atoms with E-state index in [2.05, 4.69) is 10.6 Å². The van der Waals surface area contributed by atoms with Gasteiger partial charge in [-0.2, -0.15) is 0 Å². The molecule has 0 aliphatic heterocycles. The van der Waals surface area contributed by atoms with Crippen molar-refractivity contribution in [3.63, 3.8) is 0 Å². The van der Waals surface area contributed by atoms with Crippen molar-refractivity contribution < 1.29 is 4.79 Å². The minimum absolute atomic E-state index is 0.186. The maximum Gasteiger partial charge on any atom is 0.134 e. The molecule has 2 rings (SSSR count). The minimum Gasteiger partial charge on any atom is -0.318 e. The first-order chi connectivity index (χ1) is 8.49. The standard InChI is InChI=1S/C15H16ClNO/c1-10-8-13(9-11(2)18)12(3)17(10)15-6-4-14(16)5-7-15/h4-8H,9H2,1-3H3. The number of rotatable bonds is 3. The molecule has 94 valence electrons. The monoisotopic (exact) mass is 261 g/mol. The molecule has 0 atom stereocenters. The predicted molar refractivity (Wildman–Crippen MR) is 74.6 cm³/mol. The number of nitrogens with zero attached hydrogens (tertiary/aromatic N) is 1. The lowest BCUT2D eigenvalue weighted by molar-refractivity contribution is -0.116. The van der Waals surface area contributed by atoms with Gasteiger partial charge < -0.3 is 4.57 Å². The predicted octanol–water partition coefficient (Wildman–Crippen LogP) is 3.88. The molecular weight excluding hydrogens is 246 g/mol. The minimum atomic E-state index is 0.186. The van der Waals surface area contributed by atoms with E-state index in [9.17, 15) is 4.79 Å². The molecule has 0 radical (unpaired) electrons. The first-order valence-corrected chi connectivity index (χ1v) is 6.30. The van der Waals surface area contributed by atoms with Crippen LogP contribution in [0.25, 0.3) is 5.69 Å². The Hall–Kier alpha value is -1.54. The van der Waals surface area contributed by atoms with E-state index in [1.54, 1.807) is 6.92 Å². The SMILES string of the molecule is CC(=O)Cc1cc(C)n(-c2ccc(Cl)cc2)c1C. The molecule has 0 bridgehead atoms. The molecule has 2 aromatic rings. The smallest absolute Gasteiger partial charge is 0.134 e. The van der Waals surface area contributed by atoms with E-state index in [0.29, 0.717) is 6.42 Å². The van der Waals surface area contributed by atoms with Crippen LogP contribution in [0.2, 0.25) is 5.02 Å². The van der Waals surface area contributed by atoms with Crippen LogP contribution in [0, 0.1) is 13.8 Å². The van der Waals surface area contributed by atoms with Crippen molar-refractivity contribution in [3.05, 3.63) is 52.3 Å². The summed E-state index contributed by atoms with van der Waals surface area (Å²) in [7, 11) is 0. The van der Waals surface area contributed by atoms with Crippen molar-refractivity contribution >= 4 is 17.4 Å². The number of ketones is 1. The highest BCUT2D eigenvalue weighted by atomic mass is 35.5. The third-order valence-corrected chi connectivity index (χ3v) is 3.31. The fraction of sp³-hybridized carbons (Fsp3) is 0.267. The van der Waals surface area contributed by atoms with Crippen LogP contribution in [0.1, 0.15) is 23.9 Å². The summed E-state index contributed by atoms with van der Waals surface area (Å²) < 4.78 is 2.15. The van der Waals surface area contributed by atoms with Gasteiger partial charge in [0.25, 0.3) is 0 Å². The molecule has 1 aromatic heterocycles. The van der Waals surface area contributed by atoms with E-state index in [4.69, 9.17) is 11.6 Å². The maximum absolute atomic E-state index is 11.2. The lowest BCUT2D eigenvalue weighted by Gasteiger charge is -2.10. The van der Waals surface area contributed by atoms with Crippen molar-refractivity contribution in [3.8, 4) is 5.69 Å². The van der Waals surface area contributed by atoms with Gasteiger partial charge in [-0.3, -0.25) is 4.79 Å². The van der Waals surface area contributed by atoms with Gasteiger partial charge >= 0.3 is 0 Å². The fourth-order valence-electron chi connectivity index (χ4n) is 2.26. The molecule has 18 heavy (non-hydrogen) atoms. The lowest BCUT2D eigenvalue weighted by Crippen LogP contribution is -2.01. The second kappa shape index (κ2) is 4.99. The number of Topliss-reactive ketones (excluding diaryl/α,β-unsaturated/α-hetero) is 1. The van der Waals surface area contributed by atoms with E-state index >= 15 is 0 Å². The summed E-state index contributed by atoms with van der Waals surface area (Å²) >= 11 is 5.90. The van der Waals surface area contributed by atoms with Gasteiger partial charge in [-0.1, -0.05) is 11.6 Å². The van der Waals surface area contributed by atoms with E-state index in [0.717, 1.165) is 27.7 Å². The molecule has 1 heterocycles. The molecule has 0 saturated heterocycles. The van der Waals surface area contributed by atoms with Gasteiger partial charge in [0.2, 0.25) is 0 Å². The summed E-state index contributed by atoms with van der Waals surface area (Å²) in [4.78, 5) is 11.2. The summed E-state index contributed by atoms with van der Waals surface area (Å²) in [6.45, 7) is 5.71. The summed E-state index contributed by atoms with van der Waals surface area (Å²) in [5, 5.41) is 0.727. The fourth-order valence-corrected chi connectivity index (χ4v) is 2.39. The molecule has 3 heteroatoms. The Morgan fingerprint density at radius 3 is 2.39 bits per heavy atom. The van der Waals surface area contributed by atoms with Crippen LogP contribution in [0.3, 0.4) is 0 Å². The quantitative estimate of drug-likeness (QED) is 0.822. The van der Waals surface area contributed by atoms with Crippen LogP contribution in [0.4, 0.5) is 0 Å². The molecule has 0 spiro atoms. The summed E-state index contributed by atoms with van der Waals surface area (Å²) in [5.74, 6) is 0.186. The van der Waals surface area contributed by atoms with Crippen LogP contribution >= 0.6 is 11.6 Å². The van der Waals surface area contributed by atoms with Gasteiger partial charge in [-0.05, 0) is 56.7 Å². The molecule has 0 aliphatic carbocycles. The van der Waals surface area contributed by atoms with Crippen molar-refractivity contribution in [2.45, 2.75) is 27.2 Å². The van der Waals surface area contributed by atoms with Gasteiger partial charge in [-0.25, -0.2) is 0 Å². The number of aromatic nitrogens is 1. The van der Waals surface area contributed by atoms with E-state index in [1.807, 2.05) is 38.1 Å². The van der Waals surface area contributed by atoms with Crippen molar-refractivity contribution in [2.24, 2.45) is 0 Å². The molecule has 0 aliphatic rings. The Balaban J connectivity index is 2.48. The number of hydrogen-bond donors (Lipinski definition) is 0. The molecule has 2 nitrogen and oxygen atoms in total. The van der Waals surface area contributed by atoms with Crippen molar-refractivity contribution in [2.75, 3.05) is 0 Å². The summed E-state index contributed by atoms with van der Waals surface area (Å²) in [6.07, 6.45) is 0.493. The Kier molecular flexibility index (Phi) is 3.58. The average molecular weight is 262 g/mol. The zero-order chi connectivity index (χ0) is 13.3. The highest BCUT2D eigenvalue weighted by Gasteiger charge is 2.11. The third-order valence-electron chi connectivity index (χ3n) is 3.06. The normalized spacial score (nSPS) is 10.7. The number of benzene rings is 1. The topological polar surface area (TPSA) is 22.0 Å². The molecule has 0 saturated carbocycles. The van der Waals surface area contributed by atoms with Crippen LogP contribution in [-0.4, -0.2) is 10.4 Å². The number of aryl methyl sites for hydroxylation is 1. The molecule has 0 N–H and O–H groups in total. The highest BCUT2D eigenvalue weighted by molar-refractivity contribution is 6.30. The molecular formula is C15H16ClNO. The Bertz CT molecular complexity index is 581. The van der Waals surface area contributed by atoms with E-state index in [1.165, 1.54) is 0 Å². The lowest BCUT2D eigenvalue weighted by atomic mass is 10.1. The zero-order valence-electron chi connectivity index (χ0n) is 10.8. The van der Waals surface area contributed by atoms with Crippen molar-refractivity contribution in [1.82, 2.24) is 4.57 Å². The maximum atomic E-state index is 11.2. The summed E-state index contributed by atoms with van der Waals surface area (Å²) in [5.41, 5.74) is 4.41. The molecule has 0 amide bonds. The average Bonchev–Trinajstić information content (AvgIpc) is 2.55. The van der Waals surface area contributed by atoms with Crippen LogP contribution in [0.5, 0.6) is 0 Å². The van der Waals surface area contributed by atoms with Crippen molar-refractivity contribution in [1.29, 1.82) is 0 Å².